The second kappa shape index (κ2) is 4.64. The second-order valence-electron chi connectivity index (χ2n) is 6.02. The Morgan fingerprint density at radius 2 is 1.89 bits per heavy atom. The molecule has 1 amide bonds. The largest absolute Gasteiger partial charge is 0.396 e. The summed E-state index contributed by atoms with van der Waals surface area (Å²) in [6, 6.07) is 4.42. The summed E-state index contributed by atoms with van der Waals surface area (Å²) in [5, 5.41) is 9.61. The van der Waals surface area contributed by atoms with Gasteiger partial charge in [0.2, 0.25) is 5.91 Å². The Labute approximate surface area is 114 Å². The summed E-state index contributed by atoms with van der Waals surface area (Å²) in [5.41, 5.74) is 4.99. The van der Waals surface area contributed by atoms with E-state index in [4.69, 9.17) is 0 Å². The standard InChI is InChI=1S/C16H21NO2/c1-10(2)14(9-18)13-7-11-3-4-15(19)17-6-5-12(8-13)16(11)17/h7-8,10,14,18H,3-6,9H2,1-2H3. The zero-order valence-corrected chi connectivity index (χ0v) is 11.6. The summed E-state index contributed by atoms with van der Waals surface area (Å²) >= 11 is 0. The zero-order chi connectivity index (χ0) is 13.6. The fourth-order valence-electron chi connectivity index (χ4n) is 3.40. The number of carbonyl (C=O) groups excluding carboxylic acids is 1. The monoisotopic (exact) mass is 259 g/mol. The van der Waals surface area contributed by atoms with Crippen LogP contribution in [-0.2, 0) is 17.6 Å². The van der Waals surface area contributed by atoms with Crippen LogP contribution < -0.4 is 4.90 Å². The Kier molecular flexibility index (Phi) is 3.09. The van der Waals surface area contributed by atoms with Gasteiger partial charge in [-0.2, -0.15) is 0 Å². The predicted molar refractivity (Wildman–Crippen MR) is 75.5 cm³/mol. The van der Waals surface area contributed by atoms with Crippen LogP contribution in [0.3, 0.4) is 0 Å². The van der Waals surface area contributed by atoms with Crippen molar-refractivity contribution in [2.75, 3.05) is 18.1 Å². The molecule has 0 bridgehead atoms. The topological polar surface area (TPSA) is 40.5 Å². The molecule has 3 rings (SSSR count). The van der Waals surface area contributed by atoms with E-state index in [0.717, 1.165) is 19.4 Å². The highest BCUT2D eigenvalue weighted by atomic mass is 16.3. The average molecular weight is 259 g/mol. The molecule has 0 radical (unpaired) electrons. The third kappa shape index (κ3) is 1.96. The van der Waals surface area contributed by atoms with Crippen LogP contribution in [0, 0.1) is 5.92 Å². The molecule has 0 saturated heterocycles. The molecule has 19 heavy (non-hydrogen) atoms. The number of nitrogens with zero attached hydrogens (tertiary/aromatic N) is 1. The Bertz CT molecular complexity index is 522. The Morgan fingerprint density at radius 3 is 2.53 bits per heavy atom. The number of hydrogen-bond donors (Lipinski definition) is 1. The SMILES string of the molecule is CC(C)C(CO)c1cc2c3c(c1)CCN3C(=O)CC2. The molecule has 1 aromatic carbocycles. The number of rotatable bonds is 3. The molecule has 0 saturated carbocycles. The second-order valence-corrected chi connectivity index (χ2v) is 6.02. The smallest absolute Gasteiger partial charge is 0.227 e. The van der Waals surface area contributed by atoms with Gasteiger partial charge >= 0.3 is 0 Å². The van der Waals surface area contributed by atoms with Gasteiger partial charge in [0.15, 0.2) is 0 Å². The summed E-state index contributed by atoms with van der Waals surface area (Å²) in [4.78, 5) is 13.8. The third-order valence-corrected chi connectivity index (χ3v) is 4.50. The summed E-state index contributed by atoms with van der Waals surface area (Å²) in [7, 11) is 0. The first-order chi connectivity index (χ1) is 9.11. The van der Waals surface area contributed by atoms with E-state index in [1.165, 1.54) is 22.4 Å². The Hall–Kier alpha value is -1.35. The number of benzene rings is 1. The van der Waals surface area contributed by atoms with Crippen molar-refractivity contribution >= 4 is 11.6 Å². The molecule has 102 valence electrons. The number of aryl methyl sites for hydroxylation is 1. The van der Waals surface area contributed by atoms with Crippen molar-refractivity contribution in [3.05, 3.63) is 28.8 Å². The van der Waals surface area contributed by atoms with E-state index in [0.29, 0.717) is 12.3 Å². The van der Waals surface area contributed by atoms with E-state index in [1.807, 2.05) is 4.90 Å². The minimum atomic E-state index is 0.193. The first kappa shape index (κ1) is 12.7. The summed E-state index contributed by atoms with van der Waals surface area (Å²) < 4.78 is 0. The minimum Gasteiger partial charge on any atom is -0.396 e. The maximum Gasteiger partial charge on any atom is 0.227 e. The van der Waals surface area contributed by atoms with E-state index >= 15 is 0 Å². The number of aliphatic hydroxyl groups is 1. The summed E-state index contributed by atoms with van der Waals surface area (Å²) in [6.07, 6.45) is 2.43. The van der Waals surface area contributed by atoms with Crippen molar-refractivity contribution in [2.45, 2.75) is 39.0 Å². The fraction of sp³-hybridized carbons (Fsp3) is 0.562. The maximum atomic E-state index is 11.9. The molecular weight excluding hydrogens is 238 g/mol. The third-order valence-electron chi connectivity index (χ3n) is 4.50. The fourth-order valence-corrected chi connectivity index (χ4v) is 3.40. The number of anilines is 1. The normalized spacial score (nSPS) is 18.9. The van der Waals surface area contributed by atoms with Crippen LogP contribution in [0.4, 0.5) is 5.69 Å². The highest BCUT2D eigenvalue weighted by Crippen LogP contribution is 2.39. The van der Waals surface area contributed by atoms with Crippen molar-refractivity contribution in [2.24, 2.45) is 5.92 Å². The first-order valence-corrected chi connectivity index (χ1v) is 7.18. The molecule has 2 heterocycles. The lowest BCUT2D eigenvalue weighted by Crippen LogP contribution is -2.32. The lowest BCUT2D eigenvalue weighted by molar-refractivity contribution is -0.118. The molecule has 0 aliphatic carbocycles. The Morgan fingerprint density at radius 1 is 1.21 bits per heavy atom. The molecule has 2 aliphatic heterocycles. The van der Waals surface area contributed by atoms with Crippen LogP contribution in [0.15, 0.2) is 12.1 Å². The van der Waals surface area contributed by atoms with E-state index in [1.54, 1.807) is 0 Å². The van der Waals surface area contributed by atoms with Gasteiger partial charge in [0, 0.05) is 18.9 Å². The first-order valence-electron chi connectivity index (χ1n) is 7.18. The van der Waals surface area contributed by atoms with Crippen molar-refractivity contribution in [3.8, 4) is 0 Å². The predicted octanol–water partition coefficient (Wildman–Crippen LogP) is 2.25. The lowest BCUT2D eigenvalue weighted by atomic mass is 9.85. The highest BCUT2D eigenvalue weighted by Gasteiger charge is 2.32. The van der Waals surface area contributed by atoms with Crippen LogP contribution >= 0.6 is 0 Å². The van der Waals surface area contributed by atoms with Crippen LogP contribution in [0.2, 0.25) is 0 Å². The molecule has 3 nitrogen and oxygen atoms in total. The molecule has 0 aromatic heterocycles. The number of aliphatic hydroxyl groups excluding tert-OH is 1. The van der Waals surface area contributed by atoms with Crippen molar-refractivity contribution < 1.29 is 9.90 Å². The molecule has 0 spiro atoms. The van der Waals surface area contributed by atoms with Crippen LogP contribution in [0.5, 0.6) is 0 Å². The molecule has 0 fully saturated rings. The lowest BCUT2D eigenvalue weighted by Gasteiger charge is -2.27. The number of carbonyl (C=O) groups is 1. The molecule has 1 N–H and O–H groups in total. The van der Waals surface area contributed by atoms with Gasteiger partial charge in [-0.15, -0.1) is 0 Å². The van der Waals surface area contributed by atoms with Gasteiger partial charge in [-0.25, -0.2) is 0 Å². The molecular formula is C16H21NO2. The van der Waals surface area contributed by atoms with Gasteiger partial charge in [-0.05, 0) is 35.4 Å². The van der Waals surface area contributed by atoms with Gasteiger partial charge in [0.1, 0.15) is 0 Å². The van der Waals surface area contributed by atoms with Crippen LogP contribution in [0.1, 0.15) is 42.9 Å². The molecule has 2 aliphatic rings. The molecule has 3 heteroatoms. The van der Waals surface area contributed by atoms with Gasteiger partial charge in [-0.3, -0.25) is 4.79 Å². The summed E-state index contributed by atoms with van der Waals surface area (Å²) in [6.45, 7) is 5.32. The van der Waals surface area contributed by atoms with Gasteiger partial charge in [0.25, 0.3) is 0 Å². The van der Waals surface area contributed by atoms with Gasteiger partial charge in [-0.1, -0.05) is 26.0 Å². The van der Waals surface area contributed by atoms with Crippen LogP contribution in [-0.4, -0.2) is 24.2 Å². The zero-order valence-electron chi connectivity index (χ0n) is 11.6. The highest BCUT2D eigenvalue weighted by molar-refractivity contribution is 5.98. The summed E-state index contributed by atoms with van der Waals surface area (Å²) in [5.74, 6) is 0.896. The van der Waals surface area contributed by atoms with Gasteiger partial charge in [0.05, 0.1) is 12.3 Å². The van der Waals surface area contributed by atoms with Crippen molar-refractivity contribution in [1.82, 2.24) is 0 Å². The molecule has 1 aromatic rings. The van der Waals surface area contributed by atoms with Gasteiger partial charge < -0.3 is 10.0 Å². The Balaban J connectivity index is 2.06. The van der Waals surface area contributed by atoms with Crippen molar-refractivity contribution in [1.29, 1.82) is 0 Å². The maximum absolute atomic E-state index is 11.9. The quantitative estimate of drug-likeness (QED) is 0.904. The number of amides is 1. The molecule has 1 atom stereocenters. The molecule has 1 unspecified atom stereocenters. The van der Waals surface area contributed by atoms with Crippen LogP contribution in [0.25, 0.3) is 0 Å². The van der Waals surface area contributed by atoms with Crippen molar-refractivity contribution in [3.63, 3.8) is 0 Å². The van der Waals surface area contributed by atoms with E-state index in [9.17, 15) is 9.90 Å². The van der Waals surface area contributed by atoms with E-state index in [-0.39, 0.29) is 18.4 Å². The minimum absolute atomic E-state index is 0.193. The van der Waals surface area contributed by atoms with E-state index in [2.05, 4.69) is 26.0 Å². The average Bonchev–Trinajstić information content (AvgIpc) is 2.79. The number of hydrogen-bond acceptors (Lipinski definition) is 2. The van der Waals surface area contributed by atoms with E-state index < -0.39 is 0 Å².